The molecule has 0 saturated heterocycles. The van der Waals surface area contributed by atoms with Gasteiger partial charge in [-0.15, -0.1) is 0 Å². The number of rotatable bonds is 6. The zero-order chi connectivity index (χ0) is 21.1. The van der Waals surface area contributed by atoms with Gasteiger partial charge >= 0.3 is 0 Å². The van der Waals surface area contributed by atoms with E-state index in [-0.39, 0.29) is 17.4 Å². The number of benzene rings is 3. The van der Waals surface area contributed by atoms with Crippen molar-refractivity contribution in [2.24, 2.45) is 0 Å². The zero-order valence-electron chi connectivity index (χ0n) is 16.8. The van der Waals surface area contributed by atoms with Crippen LogP contribution in [-0.4, -0.2) is 22.5 Å². The first kappa shape index (κ1) is 19.5. The molecule has 0 radical (unpaired) electrons. The Balaban J connectivity index is 1.84. The van der Waals surface area contributed by atoms with Crippen molar-refractivity contribution < 1.29 is 19.1 Å². The second-order valence-electron chi connectivity index (χ2n) is 6.90. The lowest BCUT2D eigenvalue weighted by Crippen LogP contribution is -2.03. The Morgan fingerprint density at radius 2 is 1.87 bits per heavy atom. The highest BCUT2D eigenvalue weighted by molar-refractivity contribution is 6.31. The molecule has 1 heterocycles. The van der Waals surface area contributed by atoms with Crippen LogP contribution in [0.15, 0.2) is 71.1 Å². The predicted octanol–water partition coefficient (Wildman–Crippen LogP) is 5.66. The van der Waals surface area contributed by atoms with E-state index in [0.29, 0.717) is 40.2 Å². The number of phenolic OH excluding ortho intramolecular Hbond substituents is 1. The maximum absolute atomic E-state index is 13.4. The molecule has 0 unspecified atom stereocenters. The summed E-state index contributed by atoms with van der Waals surface area (Å²) in [6.07, 6.45) is 1.70. The average molecular weight is 399 g/mol. The van der Waals surface area contributed by atoms with Crippen molar-refractivity contribution in [1.82, 2.24) is 4.98 Å². The smallest absolute Gasteiger partial charge is 0.231 e. The molecular weight excluding hydrogens is 378 g/mol. The molecule has 0 aliphatic carbocycles. The van der Waals surface area contributed by atoms with Crippen LogP contribution in [0, 0.1) is 6.92 Å². The van der Waals surface area contributed by atoms with Crippen molar-refractivity contribution in [1.29, 1.82) is 0 Å². The number of aromatic hydroxyl groups is 1. The molecule has 0 atom stereocenters. The summed E-state index contributed by atoms with van der Waals surface area (Å²) in [4.78, 5) is 17.9. The first-order valence-electron chi connectivity index (χ1n) is 9.70. The normalized spacial score (nSPS) is 11.6. The van der Waals surface area contributed by atoms with Gasteiger partial charge in [0, 0.05) is 5.56 Å². The Morgan fingerprint density at radius 1 is 1.10 bits per heavy atom. The Bertz CT molecular complexity index is 1200. The van der Waals surface area contributed by atoms with Gasteiger partial charge in [0.25, 0.3) is 0 Å². The second kappa shape index (κ2) is 8.25. The number of para-hydroxylation sites is 2. The Kier molecular flexibility index (Phi) is 5.35. The SMILES string of the molecule is CCOc1cc(/C=C(\C(=O)c2ccc(C)cc2)c2nc3ccccc3o2)ccc1O. The van der Waals surface area contributed by atoms with Crippen LogP contribution in [0.25, 0.3) is 22.7 Å². The number of phenols is 1. The Morgan fingerprint density at radius 3 is 2.60 bits per heavy atom. The van der Waals surface area contributed by atoms with Crippen LogP contribution in [-0.2, 0) is 0 Å². The topological polar surface area (TPSA) is 72.6 Å². The summed E-state index contributed by atoms with van der Waals surface area (Å²) in [7, 11) is 0. The molecule has 0 aliphatic heterocycles. The summed E-state index contributed by atoms with van der Waals surface area (Å²) < 4.78 is 11.4. The molecule has 0 spiro atoms. The van der Waals surface area contributed by atoms with Gasteiger partial charge in [-0.1, -0.05) is 48.0 Å². The third-order valence-electron chi connectivity index (χ3n) is 4.68. The van der Waals surface area contributed by atoms with E-state index >= 15 is 0 Å². The molecule has 0 amide bonds. The molecule has 5 nitrogen and oxygen atoms in total. The predicted molar refractivity (Wildman–Crippen MR) is 117 cm³/mol. The highest BCUT2D eigenvalue weighted by Gasteiger charge is 2.20. The molecule has 1 aromatic heterocycles. The van der Waals surface area contributed by atoms with Crippen LogP contribution in [0.4, 0.5) is 0 Å². The molecule has 150 valence electrons. The highest BCUT2D eigenvalue weighted by atomic mass is 16.5. The first-order chi connectivity index (χ1) is 14.5. The molecule has 4 rings (SSSR count). The number of hydrogen-bond donors (Lipinski definition) is 1. The second-order valence-corrected chi connectivity index (χ2v) is 6.90. The zero-order valence-corrected chi connectivity index (χ0v) is 16.8. The van der Waals surface area contributed by atoms with Gasteiger partial charge in [-0.25, -0.2) is 4.98 Å². The van der Waals surface area contributed by atoms with E-state index in [1.54, 1.807) is 30.3 Å². The van der Waals surface area contributed by atoms with Gasteiger partial charge < -0.3 is 14.3 Å². The van der Waals surface area contributed by atoms with Crippen molar-refractivity contribution >= 4 is 28.5 Å². The minimum Gasteiger partial charge on any atom is -0.504 e. The molecule has 4 aromatic rings. The van der Waals surface area contributed by atoms with Crippen molar-refractivity contribution in [3.05, 3.63) is 89.3 Å². The van der Waals surface area contributed by atoms with E-state index in [0.717, 1.165) is 5.56 Å². The van der Waals surface area contributed by atoms with E-state index in [1.807, 2.05) is 50.2 Å². The Labute approximate surface area is 174 Å². The van der Waals surface area contributed by atoms with Crippen LogP contribution < -0.4 is 4.74 Å². The number of carbonyl (C=O) groups is 1. The summed E-state index contributed by atoms with van der Waals surface area (Å²) in [6, 6.07) is 19.7. The number of aryl methyl sites for hydroxylation is 1. The molecule has 3 aromatic carbocycles. The number of fused-ring (bicyclic) bond motifs is 1. The fourth-order valence-electron chi connectivity index (χ4n) is 3.13. The highest BCUT2D eigenvalue weighted by Crippen LogP contribution is 2.31. The van der Waals surface area contributed by atoms with Gasteiger partial charge in [0.15, 0.2) is 22.9 Å². The number of nitrogens with zero attached hydrogens (tertiary/aromatic N) is 1. The van der Waals surface area contributed by atoms with Gasteiger partial charge in [0.2, 0.25) is 5.89 Å². The largest absolute Gasteiger partial charge is 0.504 e. The fourth-order valence-corrected chi connectivity index (χ4v) is 3.13. The van der Waals surface area contributed by atoms with Crippen molar-refractivity contribution in [2.45, 2.75) is 13.8 Å². The fraction of sp³-hybridized carbons (Fsp3) is 0.120. The number of Topliss-reactive ketones (excluding diaryl/α,β-unsaturated/α-hetero) is 1. The summed E-state index contributed by atoms with van der Waals surface area (Å²) >= 11 is 0. The molecule has 0 saturated carbocycles. The lowest BCUT2D eigenvalue weighted by Gasteiger charge is -2.08. The maximum atomic E-state index is 13.4. The van der Waals surface area contributed by atoms with Crippen LogP contribution in [0.3, 0.4) is 0 Å². The minimum atomic E-state index is -0.201. The third kappa shape index (κ3) is 3.96. The number of ketones is 1. The summed E-state index contributed by atoms with van der Waals surface area (Å²) in [6.45, 7) is 4.23. The van der Waals surface area contributed by atoms with Gasteiger partial charge in [-0.2, -0.15) is 0 Å². The lowest BCUT2D eigenvalue weighted by molar-refractivity contribution is 0.105. The van der Waals surface area contributed by atoms with Crippen molar-refractivity contribution in [3.63, 3.8) is 0 Å². The van der Waals surface area contributed by atoms with E-state index in [1.165, 1.54) is 6.07 Å². The van der Waals surface area contributed by atoms with Gasteiger partial charge in [-0.05, 0) is 49.8 Å². The van der Waals surface area contributed by atoms with E-state index in [9.17, 15) is 9.90 Å². The summed E-state index contributed by atoms with van der Waals surface area (Å²) in [5.41, 5.74) is 3.90. The van der Waals surface area contributed by atoms with Gasteiger partial charge in [-0.3, -0.25) is 4.79 Å². The number of allylic oxidation sites excluding steroid dienone is 1. The monoisotopic (exact) mass is 399 g/mol. The minimum absolute atomic E-state index is 0.0438. The standard InChI is InChI=1S/C25H21NO4/c1-3-29-23-15-17(10-13-21(23)27)14-19(24(28)18-11-8-16(2)9-12-18)25-26-20-6-4-5-7-22(20)30-25/h4-15,27H,3H2,1-2H3/b19-14+. The molecule has 5 heteroatoms. The third-order valence-corrected chi connectivity index (χ3v) is 4.68. The first-order valence-corrected chi connectivity index (χ1v) is 9.70. The van der Waals surface area contributed by atoms with Crippen LogP contribution >= 0.6 is 0 Å². The quantitative estimate of drug-likeness (QED) is 0.334. The summed E-state index contributed by atoms with van der Waals surface area (Å²) in [5, 5.41) is 9.98. The van der Waals surface area contributed by atoms with E-state index < -0.39 is 0 Å². The number of hydrogen-bond acceptors (Lipinski definition) is 5. The van der Waals surface area contributed by atoms with Crippen LogP contribution in [0.5, 0.6) is 11.5 Å². The molecule has 1 N–H and O–H groups in total. The molecule has 0 fully saturated rings. The summed E-state index contributed by atoms with van der Waals surface area (Å²) in [5.74, 6) is 0.439. The van der Waals surface area contributed by atoms with E-state index in [2.05, 4.69) is 4.98 Å². The van der Waals surface area contributed by atoms with Crippen LogP contribution in [0.1, 0.15) is 34.3 Å². The molecular formula is C25H21NO4. The lowest BCUT2D eigenvalue weighted by atomic mass is 10.00. The number of ether oxygens (including phenoxy) is 1. The number of aromatic nitrogens is 1. The van der Waals surface area contributed by atoms with Gasteiger partial charge in [0.05, 0.1) is 12.2 Å². The van der Waals surface area contributed by atoms with Crippen molar-refractivity contribution in [2.75, 3.05) is 6.61 Å². The number of carbonyl (C=O) groups excluding carboxylic acids is 1. The Hall–Kier alpha value is -3.86. The van der Waals surface area contributed by atoms with Gasteiger partial charge in [0.1, 0.15) is 5.52 Å². The van der Waals surface area contributed by atoms with Crippen LogP contribution in [0.2, 0.25) is 0 Å². The molecule has 0 bridgehead atoms. The van der Waals surface area contributed by atoms with Crippen molar-refractivity contribution in [3.8, 4) is 11.5 Å². The van der Waals surface area contributed by atoms with E-state index in [4.69, 9.17) is 9.15 Å². The number of oxazole rings is 1. The maximum Gasteiger partial charge on any atom is 0.231 e. The molecule has 0 aliphatic rings. The average Bonchev–Trinajstić information content (AvgIpc) is 3.18. The molecule has 30 heavy (non-hydrogen) atoms.